The first-order valence-electron chi connectivity index (χ1n) is 7.85. The fourth-order valence-electron chi connectivity index (χ4n) is 2.96. The average molecular weight is 318 g/mol. The number of nitrogens with one attached hydrogen (secondary N) is 1. The summed E-state index contributed by atoms with van der Waals surface area (Å²) < 4.78 is 3.67. The third-order valence-corrected chi connectivity index (χ3v) is 4.49. The predicted molar refractivity (Wildman–Crippen MR) is 82.4 cm³/mol. The number of carbonyl (C=O) groups excluding carboxylic acids is 1. The Morgan fingerprint density at radius 1 is 1.43 bits per heavy atom. The van der Waals surface area contributed by atoms with Crippen molar-refractivity contribution in [3.8, 4) is 0 Å². The number of aryl methyl sites for hydroxylation is 2. The van der Waals surface area contributed by atoms with E-state index in [1.165, 1.54) is 0 Å². The minimum atomic E-state index is -0.108. The highest BCUT2D eigenvalue weighted by Crippen LogP contribution is 2.35. The lowest BCUT2D eigenvalue weighted by atomic mass is 9.79. The molecule has 1 saturated carbocycles. The molecule has 0 atom stereocenters. The first-order valence-corrected chi connectivity index (χ1v) is 7.85. The highest BCUT2D eigenvalue weighted by Gasteiger charge is 2.34. The van der Waals surface area contributed by atoms with E-state index in [9.17, 15) is 4.79 Å². The normalized spacial score (nSPS) is 20.3. The Balaban J connectivity index is 1.44. The maximum Gasteiger partial charge on any atom is 0.222 e. The van der Waals surface area contributed by atoms with Gasteiger partial charge in [0.1, 0.15) is 12.4 Å². The molecule has 0 unspecified atom stereocenters. The van der Waals surface area contributed by atoms with Crippen LogP contribution in [0.1, 0.15) is 42.5 Å². The molecule has 2 N–H and O–H groups in total. The zero-order valence-corrected chi connectivity index (χ0v) is 13.4. The standard InChI is InChI=1S/C15H22N6O2/c1-10-3-5-16-21(10)6-4-14(23)17-12-7-11(8-12)15-19-18-13(9-22)20(15)2/h3,5,11-12,22H,4,6-9H2,1-2H3,(H,17,23). The van der Waals surface area contributed by atoms with Crippen molar-refractivity contribution in [1.29, 1.82) is 0 Å². The average Bonchev–Trinajstić information content (AvgIpc) is 3.06. The maximum absolute atomic E-state index is 12.0. The Kier molecular flexibility index (Phi) is 4.42. The molecule has 0 radical (unpaired) electrons. The van der Waals surface area contributed by atoms with Crippen molar-refractivity contribution in [1.82, 2.24) is 29.9 Å². The van der Waals surface area contributed by atoms with Gasteiger partial charge in [0.05, 0.1) is 0 Å². The molecule has 2 aromatic heterocycles. The fourth-order valence-corrected chi connectivity index (χ4v) is 2.96. The summed E-state index contributed by atoms with van der Waals surface area (Å²) in [7, 11) is 1.86. The zero-order chi connectivity index (χ0) is 16.4. The van der Waals surface area contributed by atoms with Crippen molar-refractivity contribution < 1.29 is 9.90 Å². The van der Waals surface area contributed by atoms with Gasteiger partial charge in [-0.2, -0.15) is 5.10 Å². The molecule has 124 valence electrons. The third kappa shape index (κ3) is 3.26. The predicted octanol–water partition coefficient (Wildman–Crippen LogP) is 0.265. The Morgan fingerprint density at radius 2 is 2.22 bits per heavy atom. The number of carbonyl (C=O) groups is 1. The minimum Gasteiger partial charge on any atom is -0.388 e. The summed E-state index contributed by atoms with van der Waals surface area (Å²) in [6.07, 6.45) is 3.90. The summed E-state index contributed by atoms with van der Waals surface area (Å²) in [6, 6.07) is 2.12. The van der Waals surface area contributed by atoms with E-state index in [4.69, 9.17) is 5.11 Å². The van der Waals surface area contributed by atoms with E-state index < -0.39 is 0 Å². The monoisotopic (exact) mass is 318 g/mol. The molecule has 0 saturated heterocycles. The van der Waals surface area contributed by atoms with E-state index >= 15 is 0 Å². The van der Waals surface area contributed by atoms with Crippen LogP contribution in [-0.2, 0) is 25.0 Å². The van der Waals surface area contributed by atoms with Crippen molar-refractivity contribution in [2.75, 3.05) is 0 Å². The molecule has 0 aliphatic heterocycles. The molecule has 1 fully saturated rings. The fraction of sp³-hybridized carbons (Fsp3) is 0.600. The maximum atomic E-state index is 12.0. The van der Waals surface area contributed by atoms with Crippen LogP contribution in [-0.4, -0.2) is 41.6 Å². The zero-order valence-electron chi connectivity index (χ0n) is 13.4. The van der Waals surface area contributed by atoms with E-state index in [-0.39, 0.29) is 18.6 Å². The van der Waals surface area contributed by atoms with Crippen molar-refractivity contribution in [3.05, 3.63) is 29.6 Å². The number of nitrogens with zero attached hydrogens (tertiary/aromatic N) is 5. The lowest BCUT2D eigenvalue weighted by Gasteiger charge is -2.35. The number of rotatable bonds is 6. The molecule has 0 spiro atoms. The highest BCUT2D eigenvalue weighted by molar-refractivity contribution is 5.76. The molecule has 8 nitrogen and oxygen atoms in total. The number of amides is 1. The van der Waals surface area contributed by atoms with Crippen LogP contribution in [0, 0.1) is 6.92 Å². The van der Waals surface area contributed by atoms with Gasteiger partial charge >= 0.3 is 0 Å². The molecule has 1 aliphatic rings. The van der Waals surface area contributed by atoms with Crippen LogP contribution in [0.4, 0.5) is 0 Å². The van der Waals surface area contributed by atoms with E-state index in [1.807, 2.05) is 29.3 Å². The Hall–Kier alpha value is -2.22. The van der Waals surface area contributed by atoms with Gasteiger partial charge in [-0.3, -0.25) is 9.48 Å². The number of aromatic nitrogens is 5. The van der Waals surface area contributed by atoms with Crippen molar-refractivity contribution in [2.45, 2.75) is 51.3 Å². The van der Waals surface area contributed by atoms with Gasteiger partial charge in [0.15, 0.2) is 5.82 Å². The van der Waals surface area contributed by atoms with Gasteiger partial charge in [0.2, 0.25) is 5.91 Å². The van der Waals surface area contributed by atoms with Crippen molar-refractivity contribution in [3.63, 3.8) is 0 Å². The molecule has 2 aromatic rings. The van der Waals surface area contributed by atoms with Crippen LogP contribution < -0.4 is 5.32 Å². The van der Waals surface area contributed by atoms with Crippen LogP contribution in [0.3, 0.4) is 0 Å². The molecule has 1 aliphatic carbocycles. The second-order valence-corrected chi connectivity index (χ2v) is 6.07. The molecule has 23 heavy (non-hydrogen) atoms. The smallest absolute Gasteiger partial charge is 0.222 e. The second kappa shape index (κ2) is 6.49. The van der Waals surface area contributed by atoms with E-state index in [1.54, 1.807) is 6.20 Å². The Morgan fingerprint density at radius 3 is 2.83 bits per heavy atom. The molecule has 0 bridgehead atoms. The number of hydrogen-bond acceptors (Lipinski definition) is 5. The molecular formula is C15H22N6O2. The molecule has 2 heterocycles. The van der Waals surface area contributed by atoms with Gasteiger partial charge in [-0.25, -0.2) is 0 Å². The third-order valence-electron chi connectivity index (χ3n) is 4.49. The molecule has 1 amide bonds. The van der Waals surface area contributed by atoms with Gasteiger partial charge in [-0.1, -0.05) is 0 Å². The quantitative estimate of drug-likeness (QED) is 0.796. The number of aliphatic hydroxyl groups excluding tert-OH is 1. The molecular weight excluding hydrogens is 296 g/mol. The first-order chi connectivity index (χ1) is 11.1. The summed E-state index contributed by atoms with van der Waals surface area (Å²) in [4.78, 5) is 12.0. The topological polar surface area (TPSA) is 97.9 Å². The van der Waals surface area contributed by atoms with Gasteiger partial charge < -0.3 is 15.0 Å². The summed E-state index contributed by atoms with van der Waals surface area (Å²) in [5.41, 5.74) is 1.06. The van der Waals surface area contributed by atoms with Crippen LogP contribution in [0.15, 0.2) is 12.3 Å². The molecule has 8 heteroatoms. The summed E-state index contributed by atoms with van der Waals surface area (Å²) in [6.45, 7) is 2.47. The Labute approximate surface area is 134 Å². The second-order valence-electron chi connectivity index (χ2n) is 6.07. The van der Waals surface area contributed by atoms with Gasteiger partial charge in [-0.05, 0) is 25.8 Å². The van der Waals surface area contributed by atoms with Crippen LogP contribution >= 0.6 is 0 Å². The van der Waals surface area contributed by atoms with E-state index in [0.717, 1.165) is 24.4 Å². The Bertz CT molecular complexity index is 686. The number of hydrogen-bond donors (Lipinski definition) is 2. The van der Waals surface area contributed by atoms with Crippen molar-refractivity contribution in [2.24, 2.45) is 7.05 Å². The van der Waals surface area contributed by atoms with Gasteiger partial charge in [0, 0.05) is 43.9 Å². The molecule has 0 aromatic carbocycles. The minimum absolute atomic E-state index is 0.0531. The van der Waals surface area contributed by atoms with E-state index in [0.29, 0.717) is 24.7 Å². The summed E-state index contributed by atoms with van der Waals surface area (Å²) in [5, 5.41) is 24.5. The molecule has 3 rings (SSSR count). The summed E-state index contributed by atoms with van der Waals surface area (Å²) in [5.74, 6) is 1.80. The lowest BCUT2D eigenvalue weighted by Crippen LogP contribution is -2.44. The van der Waals surface area contributed by atoms with Crippen molar-refractivity contribution >= 4 is 5.91 Å². The first kappa shape index (κ1) is 15.7. The van der Waals surface area contributed by atoms with Gasteiger partial charge in [0.25, 0.3) is 0 Å². The van der Waals surface area contributed by atoms with Gasteiger partial charge in [-0.15, -0.1) is 10.2 Å². The highest BCUT2D eigenvalue weighted by atomic mass is 16.3. The van der Waals surface area contributed by atoms with Crippen LogP contribution in [0.5, 0.6) is 0 Å². The SMILES string of the molecule is Cc1ccnn1CCC(=O)NC1CC(c2nnc(CO)n2C)C1. The lowest BCUT2D eigenvalue weighted by molar-refractivity contribution is -0.122. The van der Waals surface area contributed by atoms with E-state index in [2.05, 4.69) is 20.6 Å². The largest absolute Gasteiger partial charge is 0.388 e. The van der Waals surface area contributed by atoms with Crippen LogP contribution in [0.2, 0.25) is 0 Å². The number of aliphatic hydroxyl groups is 1. The van der Waals surface area contributed by atoms with Crippen LogP contribution in [0.25, 0.3) is 0 Å². The summed E-state index contributed by atoms with van der Waals surface area (Å²) >= 11 is 0.